The number of fused-ring (bicyclic) bond motifs is 3. The lowest BCUT2D eigenvalue weighted by molar-refractivity contribution is -0.306. The maximum absolute atomic E-state index is 12.4. The molecule has 2 aromatic carbocycles. The summed E-state index contributed by atoms with van der Waals surface area (Å²) in [6, 6.07) is 18.7. The number of hydrogen-bond acceptors (Lipinski definition) is 5. The van der Waals surface area contributed by atoms with Crippen molar-refractivity contribution in [2.75, 3.05) is 6.61 Å². The zero-order valence-electron chi connectivity index (χ0n) is 15.6. The van der Waals surface area contributed by atoms with Crippen molar-refractivity contribution in [3.05, 3.63) is 89.7 Å². The van der Waals surface area contributed by atoms with E-state index in [1.54, 1.807) is 18.3 Å². The van der Waals surface area contributed by atoms with Crippen LogP contribution in [0.3, 0.4) is 0 Å². The van der Waals surface area contributed by atoms with Crippen LogP contribution >= 0.6 is 0 Å². The molecule has 146 valence electrons. The number of ether oxygens (including phenoxy) is 1. The monoisotopic (exact) mass is 387 g/mol. The third kappa shape index (κ3) is 3.96. The Labute approximate surface area is 168 Å². The molecule has 1 atom stereocenters. The zero-order valence-corrected chi connectivity index (χ0v) is 15.6. The maximum Gasteiger partial charge on any atom is 0.407 e. The molecule has 3 aromatic rings. The number of rotatable bonds is 6. The van der Waals surface area contributed by atoms with Gasteiger partial charge in [-0.05, 0) is 33.9 Å². The summed E-state index contributed by atoms with van der Waals surface area (Å²) >= 11 is 0. The lowest BCUT2D eigenvalue weighted by Crippen LogP contribution is -2.35. The summed E-state index contributed by atoms with van der Waals surface area (Å²) in [6.07, 6.45) is 2.04. The van der Waals surface area contributed by atoms with Crippen LogP contribution in [-0.4, -0.2) is 23.7 Å². The van der Waals surface area contributed by atoms with Crippen LogP contribution in [0.1, 0.15) is 35.1 Å². The summed E-state index contributed by atoms with van der Waals surface area (Å²) in [5.74, 6) is -1.33. The fourth-order valence-electron chi connectivity index (χ4n) is 3.78. The van der Waals surface area contributed by atoms with Crippen molar-refractivity contribution in [3.63, 3.8) is 0 Å². The maximum atomic E-state index is 12.4. The van der Waals surface area contributed by atoms with Crippen LogP contribution in [-0.2, 0) is 9.53 Å². The van der Waals surface area contributed by atoms with E-state index in [9.17, 15) is 14.7 Å². The molecule has 1 heterocycles. The third-order valence-electron chi connectivity index (χ3n) is 5.09. The molecule has 1 aromatic heterocycles. The summed E-state index contributed by atoms with van der Waals surface area (Å²) in [5.41, 5.74) is 5.08. The van der Waals surface area contributed by atoms with Crippen molar-refractivity contribution in [1.29, 1.82) is 0 Å². The van der Waals surface area contributed by atoms with Crippen LogP contribution in [0.2, 0.25) is 0 Å². The Morgan fingerprint density at radius 3 is 2.24 bits per heavy atom. The molecule has 0 saturated heterocycles. The smallest absolute Gasteiger partial charge is 0.407 e. The second kappa shape index (κ2) is 8.14. The van der Waals surface area contributed by atoms with Gasteiger partial charge in [0.1, 0.15) is 6.61 Å². The lowest BCUT2D eigenvalue weighted by atomic mass is 9.98. The van der Waals surface area contributed by atoms with Gasteiger partial charge in [0.25, 0.3) is 0 Å². The number of carbonyl (C=O) groups excluding carboxylic acids is 2. The van der Waals surface area contributed by atoms with E-state index in [0.717, 1.165) is 22.3 Å². The molecule has 1 N–H and O–H groups in total. The van der Waals surface area contributed by atoms with E-state index < -0.39 is 18.1 Å². The quantitative estimate of drug-likeness (QED) is 0.702. The number of carboxylic acid groups (broad SMARTS) is 1. The summed E-state index contributed by atoms with van der Waals surface area (Å²) in [6.45, 7) is 0.158. The molecule has 6 nitrogen and oxygen atoms in total. The summed E-state index contributed by atoms with van der Waals surface area (Å²) in [4.78, 5) is 27.5. The Morgan fingerprint density at radius 2 is 1.66 bits per heavy atom. The van der Waals surface area contributed by atoms with E-state index in [4.69, 9.17) is 4.74 Å². The van der Waals surface area contributed by atoms with E-state index >= 15 is 0 Å². The van der Waals surface area contributed by atoms with Crippen LogP contribution in [0.5, 0.6) is 0 Å². The molecule has 0 saturated carbocycles. The summed E-state index contributed by atoms with van der Waals surface area (Å²) in [5, 5.41) is 13.7. The highest BCUT2D eigenvalue weighted by Crippen LogP contribution is 2.44. The van der Waals surface area contributed by atoms with E-state index in [0.29, 0.717) is 5.56 Å². The van der Waals surface area contributed by atoms with Crippen LogP contribution in [0.25, 0.3) is 11.1 Å². The van der Waals surface area contributed by atoms with Gasteiger partial charge in [0.15, 0.2) is 0 Å². The molecule has 1 aliphatic rings. The van der Waals surface area contributed by atoms with Gasteiger partial charge in [0, 0.05) is 30.7 Å². The number of alkyl carbamates (subject to hydrolysis) is 1. The van der Waals surface area contributed by atoms with Crippen molar-refractivity contribution >= 4 is 12.1 Å². The second-order valence-corrected chi connectivity index (χ2v) is 6.88. The van der Waals surface area contributed by atoms with Crippen molar-refractivity contribution in [3.8, 4) is 11.1 Å². The number of pyridine rings is 1. The standard InChI is InChI=1S/C23H20N2O4/c26-22(27)12-21(15-6-5-11-24-13-15)25-23(28)29-14-20-18-9-3-1-7-16(18)17-8-2-4-10-19(17)20/h1-11,13,20-21H,12,14H2,(H,25,28)(H,26,27)/p-1/t21-/m0/s1. The minimum Gasteiger partial charge on any atom is -0.550 e. The van der Waals surface area contributed by atoms with E-state index in [1.165, 1.54) is 6.20 Å². The molecule has 0 aliphatic heterocycles. The lowest BCUT2D eigenvalue weighted by Gasteiger charge is -2.20. The van der Waals surface area contributed by atoms with Crippen LogP contribution in [0.4, 0.5) is 4.79 Å². The highest BCUT2D eigenvalue weighted by molar-refractivity contribution is 5.79. The Hall–Kier alpha value is -3.67. The van der Waals surface area contributed by atoms with Gasteiger partial charge in [-0.3, -0.25) is 4.98 Å². The van der Waals surface area contributed by atoms with Crippen molar-refractivity contribution in [1.82, 2.24) is 10.3 Å². The first-order valence-electron chi connectivity index (χ1n) is 9.35. The molecule has 4 rings (SSSR count). The molecule has 0 fully saturated rings. The van der Waals surface area contributed by atoms with Gasteiger partial charge in [0.2, 0.25) is 0 Å². The molecule has 0 spiro atoms. The first-order chi connectivity index (χ1) is 14.1. The van der Waals surface area contributed by atoms with Crippen LogP contribution in [0, 0.1) is 0 Å². The number of nitrogens with zero attached hydrogens (tertiary/aromatic N) is 1. The number of carboxylic acids is 1. The normalized spacial score (nSPS) is 13.2. The molecule has 0 bridgehead atoms. The number of hydrogen-bond donors (Lipinski definition) is 1. The van der Waals surface area contributed by atoms with Gasteiger partial charge in [0.05, 0.1) is 6.04 Å². The molecule has 29 heavy (non-hydrogen) atoms. The highest BCUT2D eigenvalue weighted by atomic mass is 16.5. The Balaban J connectivity index is 1.47. The first kappa shape index (κ1) is 18.7. The van der Waals surface area contributed by atoms with Crippen molar-refractivity contribution in [2.24, 2.45) is 0 Å². The second-order valence-electron chi connectivity index (χ2n) is 6.88. The van der Waals surface area contributed by atoms with Gasteiger partial charge < -0.3 is 20.0 Å². The Kier molecular flexibility index (Phi) is 5.24. The fraction of sp³-hybridized carbons (Fsp3) is 0.174. The molecular formula is C23H19N2O4-. The molecule has 0 unspecified atom stereocenters. The molecule has 1 amide bonds. The van der Waals surface area contributed by atoms with Crippen LogP contribution < -0.4 is 10.4 Å². The predicted octanol–water partition coefficient (Wildman–Crippen LogP) is 2.80. The van der Waals surface area contributed by atoms with Crippen LogP contribution in [0.15, 0.2) is 73.1 Å². The van der Waals surface area contributed by atoms with E-state index in [2.05, 4.69) is 22.4 Å². The van der Waals surface area contributed by atoms with E-state index in [1.807, 2.05) is 36.4 Å². The topological polar surface area (TPSA) is 91.3 Å². The summed E-state index contributed by atoms with van der Waals surface area (Å²) in [7, 11) is 0. The largest absolute Gasteiger partial charge is 0.550 e. The number of aromatic nitrogens is 1. The number of amides is 1. The molecule has 1 aliphatic carbocycles. The molecule has 0 radical (unpaired) electrons. The van der Waals surface area contributed by atoms with E-state index in [-0.39, 0.29) is 18.9 Å². The number of nitrogens with one attached hydrogen (secondary N) is 1. The van der Waals surface area contributed by atoms with Crippen molar-refractivity contribution < 1.29 is 19.4 Å². The fourth-order valence-corrected chi connectivity index (χ4v) is 3.78. The third-order valence-corrected chi connectivity index (χ3v) is 5.09. The molecule has 6 heteroatoms. The highest BCUT2D eigenvalue weighted by Gasteiger charge is 2.29. The zero-order chi connectivity index (χ0) is 20.2. The predicted molar refractivity (Wildman–Crippen MR) is 105 cm³/mol. The van der Waals surface area contributed by atoms with Gasteiger partial charge in [-0.2, -0.15) is 0 Å². The number of aliphatic carboxylic acids is 1. The minimum absolute atomic E-state index is 0.0638. The first-order valence-corrected chi connectivity index (χ1v) is 9.35. The number of carbonyl (C=O) groups is 2. The van der Waals surface area contributed by atoms with Gasteiger partial charge in [-0.1, -0.05) is 54.6 Å². The Morgan fingerprint density at radius 1 is 1.00 bits per heavy atom. The average Bonchev–Trinajstić information content (AvgIpc) is 3.06. The van der Waals surface area contributed by atoms with Gasteiger partial charge >= 0.3 is 6.09 Å². The SMILES string of the molecule is O=C([O-])C[C@H](NC(=O)OCC1c2ccccc2-c2ccccc21)c1cccnc1. The minimum atomic E-state index is -1.27. The Bertz CT molecular complexity index is 990. The number of benzene rings is 2. The van der Waals surface area contributed by atoms with Gasteiger partial charge in [-0.25, -0.2) is 4.79 Å². The van der Waals surface area contributed by atoms with Gasteiger partial charge in [-0.15, -0.1) is 0 Å². The summed E-state index contributed by atoms with van der Waals surface area (Å²) < 4.78 is 5.49. The average molecular weight is 387 g/mol. The van der Waals surface area contributed by atoms with Crippen molar-refractivity contribution in [2.45, 2.75) is 18.4 Å². The molecular weight excluding hydrogens is 368 g/mol.